The smallest absolute Gasteiger partial charge is 0.341 e. The summed E-state index contributed by atoms with van der Waals surface area (Å²) in [6.45, 7) is 5.85. The van der Waals surface area contributed by atoms with Crippen LogP contribution in [-0.4, -0.2) is 24.6 Å². The highest BCUT2D eigenvalue weighted by atomic mass is 35.5. The van der Waals surface area contributed by atoms with E-state index in [1.165, 1.54) is 11.3 Å². The summed E-state index contributed by atoms with van der Waals surface area (Å²) in [4.78, 5) is 26.5. The van der Waals surface area contributed by atoms with Gasteiger partial charge in [0, 0.05) is 16.0 Å². The van der Waals surface area contributed by atoms with E-state index in [2.05, 4.69) is 12.2 Å². The van der Waals surface area contributed by atoms with Gasteiger partial charge in [-0.15, -0.1) is 11.3 Å². The second-order valence-electron chi connectivity index (χ2n) is 7.10. The van der Waals surface area contributed by atoms with Crippen molar-refractivity contribution < 1.29 is 19.1 Å². The Morgan fingerprint density at radius 2 is 2.10 bits per heavy atom. The van der Waals surface area contributed by atoms with Gasteiger partial charge in [-0.05, 0) is 56.7 Å². The van der Waals surface area contributed by atoms with Gasteiger partial charge in [0.2, 0.25) is 0 Å². The topological polar surface area (TPSA) is 64.6 Å². The quantitative estimate of drug-likeness (QED) is 0.561. The highest BCUT2D eigenvalue weighted by molar-refractivity contribution is 7.17. The molecule has 1 heterocycles. The number of nitrogens with one attached hydrogen (secondary N) is 1. The number of carbonyl (C=O) groups is 2. The number of anilines is 1. The second kappa shape index (κ2) is 9.37. The number of fused-ring (bicyclic) bond motifs is 1. The fraction of sp³-hybridized carbons (Fsp3) is 0.429. The average molecular weight is 456 g/mol. The van der Waals surface area contributed by atoms with Crippen LogP contribution in [0.25, 0.3) is 0 Å². The van der Waals surface area contributed by atoms with E-state index in [0.29, 0.717) is 32.3 Å². The Labute approximate surface area is 184 Å². The van der Waals surface area contributed by atoms with Crippen LogP contribution < -0.4 is 10.1 Å². The number of benzene rings is 1. The Balaban J connectivity index is 1.82. The summed E-state index contributed by atoms with van der Waals surface area (Å²) in [5.74, 6) is 0.0956. The first-order valence-corrected chi connectivity index (χ1v) is 11.1. The summed E-state index contributed by atoms with van der Waals surface area (Å²) >= 11 is 13.5. The van der Waals surface area contributed by atoms with E-state index in [1.807, 2.05) is 0 Å². The standard InChI is InChI=1S/C21H23Cl2NO4S/c1-4-27-21(26)18-14-7-5-11(2)9-17(14)29-20(18)24-19(25)12(3)28-16-10-13(22)6-8-15(16)23/h6,8,10-12H,4-5,7,9H2,1-3H3,(H,24,25). The van der Waals surface area contributed by atoms with Crippen LogP contribution in [0.5, 0.6) is 5.75 Å². The molecule has 1 aliphatic rings. The van der Waals surface area contributed by atoms with Crippen molar-refractivity contribution in [3.8, 4) is 5.75 Å². The van der Waals surface area contributed by atoms with Crippen LogP contribution in [-0.2, 0) is 22.4 Å². The molecule has 5 nitrogen and oxygen atoms in total. The third-order valence-electron chi connectivity index (χ3n) is 4.79. The number of halogens is 2. The molecular weight excluding hydrogens is 433 g/mol. The van der Waals surface area contributed by atoms with Crippen molar-refractivity contribution in [1.82, 2.24) is 0 Å². The number of esters is 1. The van der Waals surface area contributed by atoms with Crippen molar-refractivity contribution in [2.24, 2.45) is 5.92 Å². The van der Waals surface area contributed by atoms with Crippen LogP contribution in [0, 0.1) is 5.92 Å². The summed E-state index contributed by atoms with van der Waals surface area (Å²) < 4.78 is 10.9. The van der Waals surface area contributed by atoms with Crippen LogP contribution in [0.3, 0.4) is 0 Å². The van der Waals surface area contributed by atoms with Crippen molar-refractivity contribution in [3.05, 3.63) is 44.2 Å². The second-order valence-corrected chi connectivity index (χ2v) is 9.05. The minimum atomic E-state index is -0.834. The molecule has 156 valence electrons. The van der Waals surface area contributed by atoms with E-state index >= 15 is 0 Å². The van der Waals surface area contributed by atoms with Gasteiger partial charge >= 0.3 is 5.97 Å². The van der Waals surface area contributed by atoms with Gasteiger partial charge in [-0.2, -0.15) is 0 Å². The van der Waals surface area contributed by atoms with Gasteiger partial charge < -0.3 is 14.8 Å². The van der Waals surface area contributed by atoms with E-state index in [9.17, 15) is 9.59 Å². The maximum absolute atomic E-state index is 12.8. The zero-order valence-electron chi connectivity index (χ0n) is 16.5. The Morgan fingerprint density at radius 3 is 2.83 bits per heavy atom. The van der Waals surface area contributed by atoms with Crippen LogP contribution >= 0.6 is 34.5 Å². The molecule has 2 aromatic rings. The lowest BCUT2D eigenvalue weighted by atomic mass is 9.88. The number of rotatable bonds is 6. The van der Waals surface area contributed by atoms with Crippen LogP contribution in [0.2, 0.25) is 10.0 Å². The van der Waals surface area contributed by atoms with Crippen LogP contribution in [0.15, 0.2) is 18.2 Å². The molecule has 29 heavy (non-hydrogen) atoms. The van der Waals surface area contributed by atoms with Crippen LogP contribution in [0.4, 0.5) is 5.00 Å². The molecule has 3 rings (SSSR count). The van der Waals surface area contributed by atoms with E-state index < -0.39 is 12.1 Å². The predicted molar refractivity (Wildman–Crippen MR) is 117 cm³/mol. The molecule has 1 amide bonds. The summed E-state index contributed by atoms with van der Waals surface area (Å²) in [6.07, 6.45) is 1.88. The Kier molecular flexibility index (Phi) is 7.09. The Hall–Kier alpha value is -1.76. The zero-order chi connectivity index (χ0) is 21.1. The number of hydrogen-bond donors (Lipinski definition) is 1. The molecule has 1 aromatic carbocycles. The molecule has 0 bridgehead atoms. The van der Waals surface area contributed by atoms with Gasteiger partial charge in [0.05, 0.1) is 17.2 Å². The number of thiophene rings is 1. The number of carbonyl (C=O) groups excluding carboxylic acids is 2. The Bertz CT molecular complexity index is 928. The van der Waals surface area contributed by atoms with E-state index in [4.69, 9.17) is 32.7 Å². The normalized spacial score (nSPS) is 16.7. The maximum Gasteiger partial charge on any atom is 0.341 e. The third kappa shape index (κ3) is 5.05. The van der Waals surface area contributed by atoms with E-state index in [1.54, 1.807) is 32.0 Å². The summed E-state index contributed by atoms with van der Waals surface area (Å²) in [5, 5.41) is 4.19. The van der Waals surface area contributed by atoms with Crippen LogP contribution in [0.1, 0.15) is 48.0 Å². The van der Waals surface area contributed by atoms with E-state index in [-0.39, 0.29) is 12.5 Å². The fourth-order valence-corrected chi connectivity index (χ4v) is 5.01. The minimum Gasteiger partial charge on any atom is -0.479 e. The highest BCUT2D eigenvalue weighted by Crippen LogP contribution is 2.40. The number of amides is 1. The van der Waals surface area contributed by atoms with Gasteiger partial charge in [-0.1, -0.05) is 30.1 Å². The SMILES string of the molecule is CCOC(=O)c1c(NC(=O)C(C)Oc2cc(Cl)ccc2Cl)sc2c1CCC(C)C2. The van der Waals surface area contributed by atoms with Crippen molar-refractivity contribution in [2.75, 3.05) is 11.9 Å². The summed E-state index contributed by atoms with van der Waals surface area (Å²) in [5.41, 5.74) is 1.47. The van der Waals surface area contributed by atoms with Gasteiger partial charge in [0.25, 0.3) is 5.91 Å². The van der Waals surface area contributed by atoms with Crippen molar-refractivity contribution in [1.29, 1.82) is 0 Å². The first kappa shape index (κ1) is 21.9. The summed E-state index contributed by atoms with van der Waals surface area (Å²) in [7, 11) is 0. The first-order chi connectivity index (χ1) is 13.8. The third-order valence-corrected chi connectivity index (χ3v) is 6.51. The molecule has 1 aromatic heterocycles. The van der Waals surface area contributed by atoms with Gasteiger partial charge in [-0.25, -0.2) is 4.79 Å². The molecule has 0 saturated heterocycles. The average Bonchev–Trinajstić information content (AvgIpc) is 3.01. The summed E-state index contributed by atoms with van der Waals surface area (Å²) in [6, 6.07) is 4.81. The monoisotopic (exact) mass is 455 g/mol. The molecule has 0 spiro atoms. The molecule has 0 aliphatic heterocycles. The molecule has 0 saturated carbocycles. The lowest BCUT2D eigenvalue weighted by Gasteiger charge is -2.18. The van der Waals surface area contributed by atoms with Crippen molar-refractivity contribution in [2.45, 2.75) is 46.1 Å². The van der Waals surface area contributed by atoms with Crippen molar-refractivity contribution in [3.63, 3.8) is 0 Å². The molecule has 2 unspecified atom stereocenters. The molecule has 2 atom stereocenters. The molecule has 8 heteroatoms. The first-order valence-electron chi connectivity index (χ1n) is 9.54. The molecular formula is C21H23Cl2NO4S. The van der Waals surface area contributed by atoms with E-state index in [0.717, 1.165) is 29.7 Å². The Morgan fingerprint density at radius 1 is 1.34 bits per heavy atom. The lowest BCUT2D eigenvalue weighted by Crippen LogP contribution is -2.30. The largest absolute Gasteiger partial charge is 0.479 e. The number of hydrogen-bond acceptors (Lipinski definition) is 5. The number of ether oxygens (including phenoxy) is 2. The predicted octanol–water partition coefficient (Wildman–Crippen LogP) is 5.76. The fourth-order valence-electron chi connectivity index (χ4n) is 3.28. The van der Waals surface area contributed by atoms with Crippen molar-refractivity contribution >= 4 is 51.4 Å². The highest BCUT2D eigenvalue weighted by Gasteiger charge is 2.30. The molecule has 1 aliphatic carbocycles. The van der Waals surface area contributed by atoms with Gasteiger partial charge in [-0.3, -0.25) is 4.79 Å². The lowest BCUT2D eigenvalue weighted by molar-refractivity contribution is -0.122. The zero-order valence-corrected chi connectivity index (χ0v) is 18.8. The molecule has 1 N–H and O–H groups in total. The minimum absolute atomic E-state index is 0.278. The molecule has 0 fully saturated rings. The van der Waals surface area contributed by atoms with Gasteiger partial charge in [0.15, 0.2) is 6.10 Å². The maximum atomic E-state index is 12.8. The van der Waals surface area contributed by atoms with Gasteiger partial charge in [0.1, 0.15) is 10.8 Å². The molecule has 0 radical (unpaired) electrons.